The molecule has 3 heterocycles. The summed E-state index contributed by atoms with van der Waals surface area (Å²) in [5.41, 5.74) is 4.79. The van der Waals surface area contributed by atoms with Gasteiger partial charge in [0.1, 0.15) is 0 Å². The molecule has 0 spiro atoms. The van der Waals surface area contributed by atoms with E-state index >= 15 is 0 Å². The maximum Gasteiger partial charge on any atom is 0.205 e. The molecule has 0 bridgehead atoms. The molecule has 4 rings (SSSR count). The van der Waals surface area contributed by atoms with Gasteiger partial charge in [0.25, 0.3) is 0 Å². The topological polar surface area (TPSA) is 96.0 Å². The molecule has 1 atom stereocenters. The second kappa shape index (κ2) is 6.64. The molecule has 7 nitrogen and oxygen atoms in total. The Morgan fingerprint density at radius 2 is 1.96 bits per heavy atom. The van der Waals surface area contributed by atoms with Crippen molar-refractivity contribution in [3.63, 3.8) is 0 Å². The van der Waals surface area contributed by atoms with Crippen molar-refractivity contribution in [1.29, 1.82) is 0 Å². The number of rotatable bonds is 5. The van der Waals surface area contributed by atoms with Crippen LogP contribution in [-0.2, 0) is 0 Å². The molecule has 1 unspecified atom stereocenters. The molecule has 3 aromatic heterocycles. The normalized spacial score (nSPS) is 12.2. The average molecular weight is 331 g/mol. The zero-order valence-electron chi connectivity index (χ0n) is 13.7. The van der Waals surface area contributed by atoms with Gasteiger partial charge in [-0.25, -0.2) is 4.98 Å². The molecular formula is C18H17N7. The van der Waals surface area contributed by atoms with Crippen LogP contribution in [0.4, 0.5) is 0 Å². The molecule has 25 heavy (non-hydrogen) atoms. The minimum absolute atomic E-state index is 0.153. The van der Waals surface area contributed by atoms with E-state index in [9.17, 15) is 0 Å². The van der Waals surface area contributed by atoms with Crippen molar-refractivity contribution in [2.24, 2.45) is 0 Å². The Kier molecular flexibility index (Phi) is 4.04. The van der Waals surface area contributed by atoms with E-state index in [2.05, 4.69) is 61.8 Å². The molecule has 124 valence electrons. The predicted octanol–water partition coefficient (Wildman–Crippen LogP) is 3.19. The number of imidazole rings is 1. The van der Waals surface area contributed by atoms with Gasteiger partial charge in [0.05, 0.1) is 17.7 Å². The highest BCUT2D eigenvalue weighted by molar-refractivity contribution is 5.80. The summed E-state index contributed by atoms with van der Waals surface area (Å²) in [6, 6.07) is 12.3. The van der Waals surface area contributed by atoms with Gasteiger partial charge in [-0.3, -0.25) is 4.98 Å². The van der Waals surface area contributed by atoms with Crippen LogP contribution in [0.5, 0.6) is 0 Å². The van der Waals surface area contributed by atoms with Crippen molar-refractivity contribution in [3.8, 4) is 22.6 Å². The number of benzene rings is 1. The number of nitrogens with one attached hydrogen (secondary N) is 2. The smallest absolute Gasteiger partial charge is 0.205 e. The molecule has 0 radical (unpaired) electrons. The lowest BCUT2D eigenvalue weighted by molar-refractivity contribution is 0.751. The fourth-order valence-electron chi connectivity index (χ4n) is 3.14. The summed E-state index contributed by atoms with van der Waals surface area (Å²) in [6.07, 6.45) is 6.24. The number of H-pyrrole nitrogens is 2. The number of hydrogen-bond acceptors (Lipinski definition) is 5. The van der Waals surface area contributed by atoms with Crippen molar-refractivity contribution in [2.75, 3.05) is 0 Å². The molecule has 0 fully saturated rings. The van der Waals surface area contributed by atoms with Gasteiger partial charge in [0.2, 0.25) is 5.82 Å². The van der Waals surface area contributed by atoms with E-state index in [-0.39, 0.29) is 5.92 Å². The van der Waals surface area contributed by atoms with Crippen LogP contribution < -0.4 is 0 Å². The Labute approximate surface area is 144 Å². The standard InChI is InChI=1S/C18H17N7/c1-2-13(12-6-4-3-5-7-12)17-16(15-10-19-11-21-15)14(8-9-20-17)18-22-24-25-23-18/h3-11,13H,2H2,1H3,(H,19,21)(H,22,23,24,25). The van der Waals surface area contributed by atoms with Gasteiger partial charge in [-0.1, -0.05) is 37.3 Å². The fraction of sp³-hybridized carbons (Fsp3) is 0.167. The quantitative estimate of drug-likeness (QED) is 0.585. The molecule has 4 aromatic rings. The van der Waals surface area contributed by atoms with Gasteiger partial charge in [-0.15, -0.1) is 10.2 Å². The van der Waals surface area contributed by atoms with Crippen molar-refractivity contribution in [1.82, 2.24) is 35.6 Å². The van der Waals surface area contributed by atoms with Crippen LogP contribution in [0.15, 0.2) is 55.1 Å². The van der Waals surface area contributed by atoms with E-state index in [1.807, 2.05) is 18.3 Å². The van der Waals surface area contributed by atoms with E-state index in [1.165, 1.54) is 5.56 Å². The van der Waals surface area contributed by atoms with E-state index in [0.717, 1.165) is 28.9 Å². The summed E-state index contributed by atoms with van der Waals surface area (Å²) in [5.74, 6) is 0.685. The number of tetrazole rings is 1. The van der Waals surface area contributed by atoms with Gasteiger partial charge in [-0.2, -0.15) is 5.21 Å². The fourth-order valence-corrected chi connectivity index (χ4v) is 3.14. The summed E-state index contributed by atoms with van der Waals surface area (Å²) in [4.78, 5) is 12.2. The van der Waals surface area contributed by atoms with E-state index < -0.39 is 0 Å². The molecule has 1 aromatic carbocycles. The molecule has 0 aliphatic heterocycles. The van der Waals surface area contributed by atoms with Gasteiger partial charge in [-0.05, 0) is 23.3 Å². The Bertz CT molecular complexity index is 931. The molecule has 7 heteroatoms. The maximum absolute atomic E-state index is 4.71. The molecule has 0 aliphatic carbocycles. The highest BCUT2D eigenvalue weighted by atomic mass is 15.5. The van der Waals surface area contributed by atoms with Gasteiger partial charge in [0.15, 0.2) is 0 Å². The van der Waals surface area contributed by atoms with E-state index in [4.69, 9.17) is 4.98 Å². The summed E-state index contributed by atoms with van der Waals surface area (Å²) in [5, 5.41) is 14.5. The lowest BCUT2D eigenvalue weighted by Crippen LogP contribution is -2.06. The minimum Gasteiger partial charge on any atom is -0.351 e. The highest BCUT2D eigenvalue weighted by Crippen LogP contribution is 2.38. The third-order valence-corrected chi connectivity index (χ3v) is 4.26. The first-order valence-electron chi connectivity index (χ1n) is 8.15. The second-order valence-electron chi connectivity index (χ2n) is 5.68. The maximum atomic E-state index is 4.71. The first kappa shape index (κ1) is 15.2. The zero-order chi connectivity index (χ0) is 17.1. The lowest BCUT2D eigenvalue weighted by Gasteiger charge is -2.19. The highest BCUT2D eigenvalue weighted by Gasteiger charge is 2.23. The number of aromatic nitrogens is 7. The van der Waals surface area contributed by atoms with Crippen molar-refractivity contribution in [2.45, 2.75) is 19.3 Å². The van der Waals surface area contributed by atoms with E-state index in [1.54, 1.807) is 12.5 Å². The Hall–Kier alpha value is -3.35. The van der Waals surface area contributed by atoms with Crippen LogP contribution in [0.3, 0.4) is 0 Å². The summed E-state index contributed by atoms with van der Waals surface area (Å²) >= 11 is 0. The average Bonchev–Trinajstić information content (AvgIpc) is 3.37. The van der Waals surface area contributed by atoms with E-state index in [0.29, 0.717) is 5.82 Å². The monoisotopic (exact) mass is 331 g/mol. The second-order valence-corrected chi connectivity index (χ2v) is 5.68. The minimum atomic E-state index is 0.153. The van der Waals surface area contributed by atoms with Crippen molar-refractivity contribution < 1.29 is 0 Å². The first-order valence-corrected chi connectivity index (χ1v) is 8.15. The summed E-state index contributed by atoms with van der Waals surface area (Å²) in [6.45, 7) is 2.16. The summed E-state index contributed by atoms with van der Waals surface area (Å²) < 4.78 is 0. The van der Waals surface area contributed by atoms with Gasteiger partial charge in [0, 0.05) is 29.4 Å². The van der Waals surface area contributed by atoms with Crippen molar-refractivity contribution >= 4 is 0 Å². The van der Waals surface area contributed by atoms with Crippen LogP contribution in [0.2, 0.25) is 0 Å². The third-order valence-electron chi connectivity index (χ3n) is 4.26. The van der Waals surface area contributed by atoms with Crippen LogP contribution in [0, 0.1) is 0 Å². The Balaban J connectivity index is 1.95. The molecule has 0 saturated heterocycles. The number of pyridine rings is 1. The number of hydrogen-bond donors (Lipinski definition) is 2. The van der Waals surface area contributed by atoms with Crippen LogP contribution in [-0.4, -0.2) is 35.6 Å². The Morgan fingerprint density at radius 1 is 1.08 bits per heavy atom. The third kappa shape index (κ3) is 2.80. The Morgan fingerprint density at radius 3 is 2.64 bits per heavy atom. The molecular weight excluding hydrogens is 314 g/mol. The van der Waals surface area contributed by atoms with Crippen LogP contribution >= 0.6 is 0 Å². The summed E-state index contributed by atoms with van der Waals surface area (Å²) in [7, 11) is 0. The molecule has 2 N–H and O–H groups in total. The number of aromatic amines is 2. The van der Waals surface area contributed by atoms with Crippen LogP contribution in [0.25, 0.3) is 22.6 Å². The zero-order valence-corrected chi connectivity index (χ0v) is 13.7. The first-order chi connectivity index (χ1) is 12.4. The lowest BCUT2D eigenvalue weighted by atomic mass is 9.87. The van der Waals surface area contributed by atoms with Crippen LogP contribution in [0.1, 0.15) is 30.5 Å². The predicted molar refractivity (Wildman–Crippen MR) is 93.6 cm³/mol. The number of nitrogens with zero attached hydrogens (tertiary/aromatic N) is 5. The van der Waals surface area contributed by atoms with Crippen molar-refractivity contribution in [3.05, 3.63) is 66.4 Å². The molecule has 0 saturated carbocycles. The molecule has 0 aliphatic rings. The van der Waals surface area contributed by atoms with Gasteiger partial charge >= 0.3 is 0 Å². The largest absolute Gasteiger partial charge is 0.351 e. The molecule has 0 amide bonds. The van der Waals surface area contributed by atoms with Gasteiger partial charge < -0.3 is 4.98 Å². The SMILES string of the molecule is CCC(c1ccccc1)c1nccc(-c2nn[nH]n2)c1-c1c[nH]cn1.